The average Bonchev–Trinajstić information content (AvgIpc) is 3.51. The second-order valence-corrected chi connectivity index (χ2v) is 7.48. The van der Waals surface area contributed by atoms with E-state index in [1.807, 2.05) is 95.7 Å². The Morgan fingerprint density at radius 1 is 0.848 bits per heavy atom. The molecule has 0 aliphatic carbocycles. The molecular weight excluding hydrogens is 416 g/mol. The molecule has 5 aromatic rings. The summed E-state index contributed by atoms with van der Waals surface area (Å²) in [6, 6.07) is 26.9. The molecule has 0 amide bonds. The van der Waals surface area contributed by atoms with Gasteiger partial charge >= 0.3 is 5.97 Å². The average molecular weight is 438 g/mol. The van der Waals surface area contributed by atoms with Crippen molar-refractivity contribution in [2.24, 2.45) is 0 Å². The van der Waals surface area contributed by atoms with E-state index in [1.165, 1.54) is 0 Å². The summed E-state index contributed by atoms with van der Waals surface area (Å²) in [6.07, 6.45) is 3.61. The minimum absolute atomic E-state index is 0.0549. The first-order chi connectivity index (χ1) is 16.3. The lowest BCUT2D eigenvalue weighted by Gasteiger charge is -2.11. The number of esters is 1. The van der Waals surface area contributed by atoms with Crippen LogP contribution in [0.5, 0.6) is 5.75 Å². The van der Waals surface area contributed by atoms with Crippen molar-refractivity contribution in [1.29, 1.82) is 0 Å². The summed E-state index contributed by atoms with van der Waals surface area (Å²) in [6.45, 7) is 0.501. The number of hydrogen-bond acceptors (Lipinski definition) is 5. The van der Waals surface area contributed by atoms with Crippen LogP contribution in [0.1, 0.15) is 11.4 Å². The van der Waals surface area contributed by atoms with Gasteiger partial charge in [-0.05, 0) is 48.0 Å². The van der Waals surface area contributed by atoms with Gasteiger partial charge in [0.15, 0.2) is 0 Å². The third kappa shape index (κ3) is 4.77. The molecule has 33 heavy (non-hydrogen) atoms. The van der Waals surface area contributed by atoms with E-state index in [0.29, 0.717) is 5.82 Å². The fourth-order valence-electron chi connectivity index (χ4n) is 3.58. The van der Waals surface area contributed by atoms with Crippen LogP contribution in [0, 0.1) is 0 Å². The lowest BCUT2D eigenvalue weighted by molar-refractivity contribution is -0.145. The quantitative estimate of drug-likeness (QED) is 0.333. The zero-order valence-electron chi connectivity index (χ0n) is 17.9. The predicted molar refractivity (Wildman–Crippen MR) is 124 cm³/mol. The minimum atomic E-state index is -0.338. The zero-order valence-corrected chi connectivity index (χ0v) is 17.9. The van der Waals surface area contributed by atoms with Crippen molar-refractivity contribution >= 4 is 17.0 Å². The van der Waals surface area contributed by atoms with E-state index >= 15 is 0 Å². The van der Waals surface area contributed by atoms with Crippen molar-refractivity contribution in [2.45, 2.75) is 19.8 Å². The lowest BCUT2D eigenvalue weighted by atomic mass is 10.2. The van der Waals surface area contributed by atoms with Gasteiger partial charge in [0.05, 0.1) is 16.7 Å². The maximum Gasteiger partial charge on any atom is 0.326 e. The maximum atomic E-state index is 12.7. The molecule has 0 radical (unpaired) electrons. The molecule has 2 heterocycles. The zero-order chi connectivity index (χ0) is 22.5. The molecule has 3 aromatic carbocycles. The highest BCUT2D eigenvalue weighted by molar-refractivity contribution is 5.79. The first-order valence-electron chi connectivity index (χ1n) is 10.6. The molecule has 0 saturated heterocycles. The third-order valence-electron chi connectivity index (χ3n) is 5.24. The van der Waals surface area contributed by atoms with Crippen LogP contribution < -0.4 is 4.74 Å². The van der Waals surface area contributed by atoms with Gasteiger partial charge in [-0.3, -0.25) is 4.79 Å². The minimum Gasteiger partial charge on any atom is -0.486 e. The van der Waals surface area contributed by atoms with Gasteiger partial charge in [-0.2, -0.15) is 5.10 Å². The molecule has 0 bridgehead atoms. The second kappa shape index (κ2) is 9.40. The number of rotatable bonds is 8. The molecule has 0 unspecified atom stereocenters. The third-order valence-corrected chi connectivity index (χ3v) is 5.24. The smallest absolute Gasteiger partial charge is 0.326 e. The van der Waals surface area contributed by atoms with Crippen molar-refractivity contribution in [3.05, 3.63) is 109 Å². The lowest BCUT2D eigenvalue weighted by Crippen LogP contribution is -2.16. The second-order valence-electron chi connectivity index (χ2n) is 7.48. The standard InChI is InChI=1S/C26H22N4O3/c31-26(33-18-20-11-13-21(14-12-20)30-16-6-15-27-30)17-29-24-10-5-4-9-23(24)28-25(29)19-32-22-7-2-1-3-8-22/h1-16H,17-19H2. The number of aromatic nitrogens is 4. The van der Waals surface area contributed by atoms with Gasteiger partial charge in [0.1, 0.15) is 31.3 Å². The van der Waals surface area contributed by atoms with E-state index in [2.05, 4.69) is 10.1 Å². The largest absolute Gasteiger partial charge is 0.486 e. The summed E-state index contributed by atoms with van der Waals surface area (Å²) in [5.74, 6) is 1.08. The summed E-state index contributed by atoms with van der Waals surface area (Å²) in [7, 11) is 0. The Morgan fingerprint density at radius 3 is 2.42 bits per heavy atom. The Balaban J connectivity index is 1.26. The Hall–Kier alpha value is -4.39. The topological polar surface area (TPSA) is 71.2 Å². The summed E-state index contributed by atoms with van der Waals surface area (Å²) < 4.78 is 15.0. The summed E-state index contributed by atoms with van der Waals surface area (Å²) >= 11 is 0. The van der Waals surface area contributed by atoms with Gasteiger partial charge in [0.25, 0.3) is 0 Å². The Morgan fingerprint density at radius 2 is 1.64 bits per heavy atom. The van der Waals surface area contributed by atoms with Crippen molar-refractivity contribution in [2.75, 3.05) is 0 Å². The molecular formula is C26H22N4O3. The van der Waals surface area contributed by atoms with Crippen LogP contribution in [0.15, 0.2) is 97.3 Å². The van der Waals surface area contributed by atoms with Crippen LogP contribution in [0.3, 0.4) is 0 Å². The number of carbonyl (C=O) groups excluding carboxylic acids is 1. The Kier molecular flexibility index (Phi) is 5.84. The number of imidazole rings is 1. The summed E-state index contributed by atoms with van der Waals surface area (Å²) in [4.78, 5) is 17.3. The van der Waals surface area contributed by atoms with E-state index in [9.17, 15) is 4.79 Å². The van der Waals surface area contributed by atoms with Gasteiger partial charge in [-0.25, -0.2) is 9.67 Å². The molecule has 5 rings (SSSR count). The van der Waals surface area contributed by atoms with Gasteiger partial charge in [-0.15, -0.1) is 0 Å². The number of para-hydroxylation sites is 3. The molecule has 2 aromatic heterocycles. The number of carbonyl (C=O) groups is 1. The van der Waals surface area contributed by atoms with Crippen LogP contribution in [-0.4, -0.2) is 25.3 Å². The van der Waals surface area contributed by atoms with Gasteiger partial charge in [0, 0.05) is 12.4 Å². The van der Waals surface area contributed by atoms with Gasteiger partial charge in [-0.1, -0.05) is 42.5 Å². The van der Waals surface area contributed by atoms with Crippen molar-refractivity contribution in [3.8, 4) is 11.4 Å². The molecule has 0 aliphatic heterocycles. The van der Waals surface area contributed by atoms with Crippen molar-refractivity contribution < 1.29 is 14.3 Å². The van der Waals surface area contributed by atoms with Crippen LogP contribution in [0.4, 0.5) is 0 Å². The molecule has 0 spiro atoms. The van der Waals surface area contributed by atoms with Gasteiger partial charge in [0.2, 0.25) is 0 Å². The van der Waals surface area contributed by atoms with E-state index < -0.39 is 0 Å². The Labute approximate surface area is 190 Å². The van der Waals surface area contributed by atoms with Crippen LogP contribution in [0.2, 0.25) is 0 Å². The molecule has 0 N–H and O–H groups in total. The first kappa shape index (κ1) is 20.5. The van der Waals surface area contributed by atoms with E-state index in [1.54, 1.807) is 10.9 Å². The highest BCUT2D eigenvalue weighted by atomic mass is 16.5. The van der Waals surface area contributed by atoms with Crippen molar-refractivity contribution in [3.63, 3.8) is 0 Å². The Bertz CT molecular complexity index is 1340. The fourth-order valence-corrected chi connectivity index (χ4v) is 3.58. The monoisotopic (exact) mass is 438 g/mol. The number of fused-ring (bicyclic) bond motifs is 1. The van der Waals surface area contributed by atoms with E-state index in [-0.39, 0.29) is 25.7 Å². The summed E-state index contributed by atoms with van der Waals surface area (Å²) in [5, 5.41) is 4.21. The highest BCUT2D eigenvalue weighted by Gasteiger charge is 2.15. The number of ether oxygens (including phenoxy) is 2. The number of benzene rings is 3. The molecule has 0 fully saturated rings. The molecule has 7 nitrogen and oxygen atoms in total. The number of hydrogen-bond donors (Lipinski definition) is 0. The molecule has 7 heteroatoms. The molecule has 164 valence electrons. The fraction of sp³-hybridized carbons (Fsp3) is 0.115. The van der Waals surface area contributed by atoms with Crippen LogP contribution in [0.25, 0.3) is 16.7 Å². The van der Waals surface area contributed by atoms with Crippen LogP contribution >= 0.6 is 0 Å². The van der Waals surface area contributed by atoms with Crippen LogP contribution in [-0.2, 0) is 29.3 Å². The first-order valence-corrected chi connectivity index (χ1v) is 10.6. The normalized spacial score (nSPS) is 10.9. The number of nitrogens with zero attached hydrogens (tertiary/aromatic N) is 4. The van der Waals surface area contributed by atoms with E-state index in [4.69, 9.17) is 9.47 Å². The predicted octanol–water partition coefficient (Wildman–Crippen LogP) is 4.54. The van der Waals surface area contributed by atoms with Gasteiger partial charge < -0.3 is 14.0 Å². The molecule has 0 atom stereocenters. The highest BCUT2D eigenvalue weighted by Crippen LogP contribution is 2.19. The molecule has 0 saturated carbocycles. The van der Waals surface area contributed by atoms with Crippen molar-refractivity contribution in [1.82, 2.24) is 19.3 Å². The van der Waals surface area contributed by atoms with E-state index in [0.717, 1.165) is 28.0 Å². The molecule has 0 aliphatic rings. The maximum absolute atomic E-state index is 12.7. The summed E-state index contributed by atoms with van der Waals surface area (Å²) in [5.41, 5.74) is 3.53. The SMILES string of the molecule is O=C(Cn1c(COc2ccccc2)nc2ccccc21)OCc1ccc(-n2cccn2)cc1.